The molecule has 1 amide bonds. The van der Waals surface area contributed by atoms with E-state index in [0.29, 0.717) is 24.6 Å². The van der Waals surface area contributed by atoms with Gasteiger partial charge in [0.25, 0.3) is 0 Å². The molecule has 1 saturated heterocycles. The summed E-state index contributed by atoms with van der Waals surface area (Å²) in [6.07, 6.45) is 9.09. The number of aromatic nitrogens is 4. The van der Waals surface area contributed by atoms with Crippen molar-refractivity contribution in [3.05, 3.63) is 42.6 Å². The number of piperazine rings is 1. The number of anilines is 1. The monoisotopic (exact) mass is 408 g/mol. The highest BCUT2D eigenvalue weighted by atomic mass is 19.1. The van der Waals surface area contributed by atoms with Crippen molar-refractivity contribution in [3.8, 4) is 5.69 Å². The number of carbonyl (C=O) groups excluding carboxylic acids is 1. The summed E-state index contributed by atoms with van der Waals surface area (Å²) in [7, 11) is 0. The van der Waals surface area contributed by atoms with E-state index in [2.05, 4.69) is 20.0 Å². The minimum atomic E-state index is -0.281. The Morgan fingerprint density at radius 3 is 2.43 bits per heavy atom. The lowest BCUT2D eigenvalue weighted by Gasteiger charge is -2.37. The van der Waals surface area contributed by atoms with Crippen LogP contribution in [0.15, 0.2) is 36.8 Å². The Morgan fingerprint density at radius 2 is 1.70 bits per heavy atom. The van der Waals surface area contributed by atoms with Crippen molar-refractivity contribution in [2.24, 2.45) is 5.92 Å². The van der Waals surface area contributed by atoms with Crippen LogP contribution in [0.2, 0.25) is 0 Å². The summed E-state index contributed by atoms with van der Waals surface area (Å²) in [5.74, 6) is 1.09. The topological polar surface area (TPSA) is 67.2 Å². The first-order chi connectivity index (χ1) is 14.7. The quantitative estimate of drug-likeness (QED) is 0.666. The Bertz CT molecular complexity index is 1040. The molecule has 8 heteroatoms. The van der Waals surface area contributed by atoms with Crippen LogP contribution in [0.5, 0.6) is 0 Å². The molecule has 0 radical (unpaired) electrons. The predicted molar refractivity (Wildman–Crippen MR) is 112 cm³/mol. The molecule has 1 aliphatic carbocycles. The van der Waals surface area contributed by atoms with E-state index in [-0.39, 0.29) is 11.7 Å². The number of halogens is 1. The summed E-state index contributed by atoms with van der Waals surface area (Å²) in [6.45, 7) is 2.92. The molecule has 2 aliphatic rings. The fourth-order valence-corrected chi connectivity index (χ4v) is 4.55. The van der Waals surface area contributed by atoms with Crippen LogP contribution < -0.4 is 4.90 Å². The lowest BCUT2D eigenvalue weighted by molar-refractivity contribution is -0.136. The number of hydrogen-bond donors (Lipinski definition) is 0. The Kier molecular flexibility index (Phi) is 5.06. The van der Waals surface area contributed by atoms with Crippen LogP contribution in [0.1, 0.15) is 32.1 Å². The van der Waals surface area contributed by atoms with Crippen LogP contribution in [0, 0.1) is 11.7 Å². The van der Waals surface area contributed by atoms with Gasteiger partial charge in [-0.15, -0.1) is 5.10 Å². The summed E-state index contributed by atoms with van der Waals surface area (Å²) >= 11 is 0. The molecule has 1 aromatic carbocycles. The maximum absolute atomic E-state index is 13.2. The molecule has 30 heavy (non-hydrogen) atoms. The number of benzene rings is 1. The Balaban J connectivity index is 1.33. The SMILES string of the molecule is O=C(C1CCCCC1)N1CCN(c2ncnc3nn(-c4ccc(F)cc4)cc23)CC1. The van der Waals surface area contributed by atoms with Crippen LogP contribution in [0.3, 0.4) is 0 Å². The number of carbonyl (C=O) groups is 1. The molecule has 7 nitrogen and oxygen atoms in total. The second-order valence-electron chi connectivity index (χ2n) is 8.13. The maximum atomic E-state index is 13.2. The van der Waals surface area contributed by atoms with Gasteiger partial charge in [-0.25, -0.2) is 19.0 Å². The minimum Gasteiger partial charge on any atom is -0.352 e. The second-order valence-corrected chi connectivity index (χ2v) is 8.13. The normalized spacial score (nSPS) is 18.2. The van der Waals surface area contributed by atoms with Crippen LogP contribution in [-0.2, 0) is 4.79 Å². The molecule has 0 unspecified atom stereocenters. The summed E-state index contributed by atoms with van der Waals surface area (Å²) < 4.78 is 14.9. The number of rotatable bonds is 3. The molecule has 1 saturated carbocycles. The lowest BCUT2D eigenvalue weighted by atomic mass is 9.88. The largest absolute Gasteiger partial charge is 0.352 e. The molecular weight excluding hydrogens is 383 g/mol. The highest BCUT2D eigenvalue weighted by molar-refractivity contribution is 5.87. The minimum absolute atomic E-state index is 0.213. The second kappa shape index (κ2) is 8.01. The van der Waals surface area contributed by atoms with Gasteiger partial charge in [-0.3, -0.25) is 4.79 Å². The number of hydrogen-bond acceptors (Lipinski definition) is 5. The average molecular weight is 408 g/mol. The molecule has 3 heterocycles. The van der Waals surface area contributed by atoms with Crippen molar-refractivity contribution in [2.45, 2.75) is 32.1 Å². The highest BCUT2D eigenvalue weighted by Gasteiger charge is 2.29. The Labute approximate surface area is 174 Å². The molecule has 5 rings (SSSR count). The zero-order valence-corrected chi connectivity index (χ0v) is 16.9. The Morgan fingerprint density at radius 1 is 0.967 bits per heavy atom. The van der Waals surface area contributed by atoms with Crippen molar-refractivity contribution in [1.29, 1.82) is 0 Å². The Hall–Kier alpha value is -3.03. The third-order valence-corrected chi connectivity index (χ3v) is 6.23. The molecular formula is C22H25FN6O. The zero-order valence-electron chi connectivity index (χ0n) is 16.9. The molecule has 2 fully saturated rings. The molecule has 156 valence electrons. The predicted octanol–water partition coefficient (Wildman–Crippen LogP) is 3.18. The summed E-state index contributed by atoms with van der Waals surface area (Å²) in [5.41, 5.74) is 1.37. The van der Waals surface area contributed by atoms with Crippen LogP contribution >= 0.6 is 0 Å². The number of fused-ring (bicyclic) bond motifs is 1. The van der Waals surface area contributed by atoms with E-state index in [1.54, 1.807) is 16.8 Å². The zero-order chi connectivity index (χ0) is 20.5. The van der Waals surface area contributed by atoms with E-state index in [4.69, 9.17) is 0 Å². The average Bonchev–Trinajstić information content (AvgIpc) is 3.24. The van der Waals surface area contributed by atoms with Crippen LogP contribution in [0.25, 0.3) is 16.7 Å². The van der Waals surface area contributed by atoms with Gasteiger partial charge >= 0.3 is 0 Å². The van der Waals surface area contributed by atoms with Crippen molar-refractivity contribution in [3.63, 3.8) is 0 Å². The summed E-state index contributed by atoms with van der Waals surface area (Å²) in [4.78, 5) is 25.9. The first-order valence-electron chi connectivity index (χ1n) is 10.7. The van der Waals surface area contributed by atoms with Gasteiger partial charge in [0.2, 0.25) is 5.91 Å². The molecule has 2 aromatic heterocycles. The fourth-order valence-electron chi connectivity index (χ4n) is 4.55. The van der Waals surface area contributed by atoms with Crippen molar-refractivity contribution < 1.29 is 9.18 Å². The lowest BCUT2D eigenvalue weighted by Crippen LogP contribution is -2.50. The van der Waals surface area contributed by atoms with E-state index < -0.39 is 0 Å². The van der Waals surface area contributed by atoms with E-state index in [1.165, 1.54) is 37.7 Å². The molecule has 0 bridgehead atoms. The van der Waals surface area contributed by atoms with Gasteiger partial charge in [-0.05, 0) is 37.1 Å². The van der Waals surface area contributed by atoms with Crippen LogP contribution in [0.4, 0.5) is 10.2 Å². The van der Waals surface area contributed by atoms with E-state index in [1.807, 2.05) is 11.1 Å². The molecule has 0 spiro atoms. The standard InChI is InChI=1S/C22H25FN6O/c23-17-6-8-18(9-7-17)29-14-19-20(26-29)24-15-25-21(19)27-10-12-28(13-11-27)22(30)16-4-2-1-3-5-16/h6-9,14-16H,1-5,10-13H2. The van der Waals surface area contributed by atoms with Crippen molar-refractivity contribution in [2.75, 3.05) is 31.1 Å². The van der Waals surface area contributed by atoms with Gasteiger partial charge in [0, 0.05) is 38.3 Å². The smallest absolute Gasteiger partial charge is 0.225 e. The van der Waals surface area contributed by atoms with E-state index in [9.17, 15) is 9.18 Å². The molecule has 0 N–H and O–H groups in total. The van der Waals surface area contributed by atoms with E-state index >= 15 is 0 Å². The maximum Gasteiger partial charge on any atom is 0.225 e. The number of nitrogens with zero attached hydrogens (tertiary/aromatic N) is 6. The third kappa shape index (κ3) is 3.62. The first-order valence-corrected chi connectivity index (χ1v) is 10.7. The molecule has 3 aromatic rings. The van der Waals surface area contributed by atoms with Crippen molar-refractivity contribution in [1.82, 2.24) is 24.6 Å². The van der Waals surface area contributed by atoms with Crippen LogP contribution in [-0.4, -0.2) is 56.7 Å². The molecule has 1 aliphatic heterocycles. The summed E-state index contributed by atoms with van der Waals surface area (Å²) in [6, 6.07) is 6.20. The summed E-state index contributed by atoms with van der Waals surface area (Å²) in [5, 5.41) is 5.38. The van der Waals surface area contributed by atoms with Gasteiger partial charge in [-0.1, -0.05) is 19.3 Å². The van der Waals surface area contributed by atoms with E-state index in [0.717, 1.165) is 42.8 Å². The van der Waals surface area contributed by atoms with Gasteiger partial charge in [0.15, 0.2) is 5.65 Å². The van der Waals surface area contributed by atoms with Gasteiger partial charge < -0.3 is 9.80 Å². The highest BCUT2D eigenvalue weighted by Crippen LogP contribution is 2.28. The van der Waals surface area contributed by atoms with Gasteiger partial charge in [0.05, 0.1) is 11.1 Å². The third-order valence-electron chi connectivity index (χ3n) is 6.23. The number of amides is 1. The molecule has 0 atom stereocenters. The van der Waals surface area contributed by atoms with Crippen molar-refractivity contribution >= 4 is 22.8 Å². The fraction of sp³-hybridized carbons (Fsp3) is 0.455. The first kappa shape index (κ1) is 19.0. The van der Waals surface area contributed by atoms with Gasteiger partial charge in [-0.2, -0.15) is 0 Å². The van der Waals surface area contributed by atoms with Gasteiger partial charge in [0.1, 0.15) is 18.0 Å².